The van der Waals surface area contributed by atoms with Crippen molar-refractivity contribution in [3.63, 3.8) is 0 Å². The van der Waals surface area contributed by atoms with Gasteiger partial charge in [0.15, 0.2) is 6.20 Å². The van der Waals surface area contributed by atoms with Gasteiger partial charge in [0.05, 0.1) is 0 Å². The summed E-state index contributed by atoms with van der Waals surface area (Å²) in [6, 6.07) is 13.2. The summed E-state index contributed by atoms with van der Waals surface area (Å²) in [5, 5.41) is 0. The molecular weight excluding hydrogens is 254 g/mol. The molecule has 1 heteroatoms. The molecule has 1 nitrogen and oxygen atoms in total. The summed E-state index contributed by atoms with van der Waals surface area (Å²) in [4.78, 5) is 0. The molecule has 2 aromatic rings. The summed E-state index contributed by atoms with van der Waals surface area (Å²) in [6.45, 7) is 6.78. The second kappa shape index (κ2) is 7.40. The Bertz CT molecular complexity index is 582. The van der Waals surface area contributed by atoms with Crippen molar-refractivity contribution in [3.05, 3.63) is 53.7 Å². The van der Waals surface area contributed by atoms with Crippen molar-refractivity contribution in [1.29, 1.82) is 0 Å². The molecule has 0 atom stereocenters. The zero-order valence-corrected chi connectivity index (χ0v) is 13.9. The van der Waals surface area contributed by atoms with Crippen LogP contribution in [0.5, 0.6) is 0 Å². The number of benzene rings is 1. The van der Waals surface area contributed by atoms with Crippen LogP contribution in [-0.2, 0) is 13.5 Å². The molecule has 0 bridgehead atoms. The van der Waals surface area contributed by atoms with E-state index in [1.165, 1.54) is 48.1 Å². The number of aryl methyl sites for hydroxylation is 3. The van der Waals surface area contributed by atoms with E-state index in [9.17, 15) is 0 Å². The number of hydrogen-bond donors (Lipinski definition) is 0. The summed E-state index contributed by atoms with van der Waals surface area (Å²) < 4.78 is 2.27. The van der Waals surface area contributed by atoms with Gasteiger partial charge in [-0.1, -0.05) is 44.9 Å². The van der Waals surface area contributed by atoms with Crippen molar-refractivity contribution in [3.8, 4) is 11.3 Å². The predicted octanol–water partition coefficient (Wildman–Crippen LogP) is 4.86. The van der Waals surface area contributed by atoms with Gasteiger partial charge in [-0.3, -0.25) is 0 Å². The summed E-state index contributed by atoms with van der Waals surface area (Å²) >= 11 is 0. The Balaban J connectivity index is 2.16. The molecule has 0 N–H and O–H groups in total. The normalized spacial score (nSPS) is 11.1. The average Bonchev–Trinajstić information content (AvgIpc) is 2.49. The maximum Gasteiger partial charge on any atom is 0.212 e. The van der Waals surface area contributed by atoms with Gasteiger partial charge in [-0.05, 0) is 43.4 Å². The van der Waals surface area contributed by atoms with Crippen molar-refractivity contribution < 1.29 is 4.57 Å². The molecule has 0 spiro atoms. The highest BCUT2D eigenvalue weighted by atomic mass is 14.9. The summed E-state index contributed by atoms with van der Waals surface area (Å²) in [6.07, 6.45) is 7.38. The third kappa shape index (κ3) is 3.93. The number of pyridine rings is 1. The Morgan fingerprint density at radius 2 is 1.71 bits per heavy atom. The van der Waals surface area contributed by atoms with Gasteiger partial charge in [0.2, 0.25) is 5.69 Å². The van der Waals surface area contributed by atoms with Crippen LogP contribution in [0, 0.1) is 12.8 Å². The Kier molecular flexibility index (Phi) is 5.55. The molecule has 0 aliphatic carbocycles. The third-order valence-electron chi connectivity index (χ3n) is 4.61. The maximum absolute atomic E-state index is 2.30. The molecule has 0 unspecified atom stereocenters. The zero-order valence-electron chi connectivity index (χ0n) is 13.9. The van der Waals surface area contributed by atoms with Gasteiger partial charge in [-0.15, -0.1) is 0 Å². The lowest BCUT2D eigenvalue weighted by molar-refractivity contribution is -0.660. The second-order valence-electron chi connectivity index (χ2n) is 6.07. The molecule has 2 rings (SSSR count). The Hall–Kier alpha value is -1.63. The van der Waals surface area contributed by atoms with Crippen LogP contribution in [0.15, 0.2) is 42.6 Å². The fraction of sp³-hybridized carbons (Fsp3) is 0.450. The van der Waals surface area contributed by atoms with Crippen LogP contribution < -0.4 is 4.57 Å². The van der Waals surface area contributed by atoms with Crippen LogP contribution in [0.2, 0.25) is 0 Å². The first kappa shape index (κ1) is 15.8. The zero-order chi connectivity index (χ0) is 15.2. The van der Waals surface area contributed by atoms with Gasteiger partial charge in [0.1, 0.15) is 7.05 Å². The van der Waals surface area contributed by atoms with Crippen molar-refractivity contribution in [2.45, 2.75) is 46.5 Å². The molecule has 0 aliphatic rings. The van der Waals surface area contributed by atoms with E-state index in [0.717, 1.165) is 5.92 Å². The minimum absolute atomic E-state index is 0.867. The first-order chi connectivity index (χ1) is 10.2. The molecule has 0 aliphatic heterocycles. The van der Waals surface area contributed by atoms with E-state index in [1.54, 1.807) is 0 Å². The van der Waals surface area contributed by atoms with Crippen LogP contribution in [0.25, 0.3) is 11.3 Å². The van der Waals surface area contributed by atoms with E-state index in [0.29, 0.717) is 0 Å². The highest BCUT2D eigenvalue weighted by Crippen LogP contribution is 2.21. The van der Waals surface area contributed by atoms with Crippen LogP contribution in [-0.4, -0.2) is 0 Å². The summed E-state index contributed by atoms with van der Waals surface area (Å²) in [7, 11) is 2.16. The highest BCUT2D eigenvalue weighted by molar-refractivity contribution is 5.60. The molecule has 1 heterocycles. The van der Waals surface area contributed by atoms with Crippen LogP contribution in [0.1, 0.15) is 44.2 Å². The minimum Gasteiger partial charge on any atom is -0.201 e. The molecular formula is C20H28N+. The largest absolute Gasteiger partial charge is 0.212 e. The number of rotatable bonds is 6. The topological polar surface area (TPSA) is 3.88 Å². The first-order valence-corrected chi connectivity index (χ1v) is 8.20. The van der Waals surface area contributed by atoms with Gasteiger partial charge in [-0.25, -0.2) is 4.57 Å². The molecule has 1 aromatic heterocycles. The van der Waals surface area contributed by atoms with Gasteiger partial charge < -0.3 is 0 Å². The fourth-order valence-corrected chi connectivity index (χ4v) is 3.02. The van der Waals surface area contributed by atoms with Gasteiger partial charge in [0.25, 0.3) is 0 Å². The molecule has 1 aromatic carbocycles. The van der Waals surface area contributed by atoms with E-state index in [1.807, 2.05) is 0 Å². The second-order valence-corrected chi connectivity index (χ2v) is 6.07. The highest BCUT2D eigenvalue weighted by Gasteiger charge is 2.13. The quantitative estimate of drug-likeness (QED) is 0.666. The van der Waals surface area contributed by atoms with Gasteiger partial charge >= 0.3 is 0 Å². The standard InChI is InChI=1S/C20H28N/c1-5-17(6-2)11-12-18-13-14-20(21(4)15-18)19-10-8-7-9-16(19)3/h7-10,13-15,17H,5-6,11-12H2,1-4H3/q+1. The minimum atomic E-state index is 0.867. The lowest BCUT2D eigenvalue weighted by atomic mass is 9.95. The molecule has 0 saturated carbocycles. The lowest BCUT2D eigenvalue weighted by Crippen LogP contribution is -2.31. The SMILES string of the molecule is CCC(CC)CCc1ccc(-c2ccccc2C)[n+](C)c1. The molecule has 0 amide bonds. The van der Waals surface area contributed by atoms with Crippen LogP contribution >= 0.6 is 0 Å². The Morgan fingerprint density at radius 3 is 2.33 bits per heavy atom. The smallest absolute Gasteiger partial charge is 0.201 e. The van der Waals surface area contributed by atoms with E-state index in [-0.39, 0.29) is 0 Å². The maximum atomic E-state index is 2.30. The lowest BCUT2D eigenvalue weighted by Gasteiger charge is -2.11. The van der Waals surface area contributed by atoms with E-state index >= 15 is 0 Å². The number of nitrogens with zero attached hydrogens (tertiary/aromatic N) is 1. The average molecular weight is 282 g/mol. The van der Waals surface area contributed by atoms with Crippen molar-refractivity contribution in [2.24, 2.45) is 13.0 Å². The number of aromatic nitrogens is 1. The summed E-state index contributed by atoms with van der Waals surface area (Å²) in [5.41, 5.74) is 5.39. The van der Waals surface area contributed by atoms with E-state index in [2.05, 4.69) is 75.0 Å². The molecule has 0 saturated heterocycles. The monoisotopic (exact) mass is 282 g/mol. The van der Waals surface area contributed by atoms with Gasteiger partial charge in [-0.2, -0.15) is 0 Å². The third-order valence-corrected chi connectivity index (χ3v) is 4.61. The summed E-state index contributed by atoms with van der Waals surface area (Å²) in [5.74, 6) is 0.867. The fourth-order valence-electron chi connectivity index (χ4n) is 3.02. The Morgan fingerprint density at radius 1 is 1.00 bits per heavy atom. The van der Waals surface area contributed by atoms with Crippen LogP contribution in [0.3, 0.4) is 0 Å². The van der Waals surface area contributed by atoms with E-state index in [4.69, 9.17) is 0 Å². The molecule has 112 valence electrons. The van der Waals surface area contributed by atoms with Crippen molar-refractivity contribution >= 4 is 0 Å². The van der Waals surface area contributed by atoms with E-state index < -0.39 is 0 Å². The molecule has 0 radical (unpaired) electrons. The van der Waals surface area contributed by atoms with Crippen LogP contribution in [0.4, 0.5) is 0 Å². The molecule has 0 fully saturated rings. The number of hydrogen-bond acceptors (Lipinski definition) is 0. The van der Waals surface area contributed by atoms with Crippen molar-refractivity contribution in [2.75, 3.05) is 0 Å². The molecule has 21 heavy (non-hydrogen) atoms. The Labute approximate surface area is 129 Å². The van der Waals surface area contributed by atoms with Crippen molar-refractivity contribution in [1.82, 2.24) is 0 Å². The van der Waals surface area contributed by atoms with Gasteiger partial charge in [0, 0.05) is 17.2 Å². The first-order valence-electron chi connectivity index (χ1n) is 8.20. The predicted molar refractivity (Wildman–Crippen MR) is 90.2 cm³/mol.